The monoisotopic (exact) mass is 279 g/mol. The molecule has 2 rings (SSSR count). The Labute approximate surface area is 116 Å². The number of aromatic nitrogens is 2. The molecule has 1 unspecified atom stereocenters. The molecule has 0 bridgehead atoms. The van der Waals surface area contributed by atoms with Crippen LogP contribution in [0.1, 0.15) is 23.0 Å². The van der Waals surface area contributed by atoms with Crippen molar-refractivity contribution in [2.75, 3.05) is 13.7 Å². The van der Waals surface area contributed by atoms with Gasteiger partial charge in [-0.3, -0.25) is 9.48 Å². The van der Waals surface area contributed by atoms with Gasteiger partial charge in [-0.2, -0.15) is 0 Å². The number of aryl methyl sites for hydroxylation is 1. The lowest BCUT2D eigenvalue weighted by Crippen LogP contribution is -2.38. The molecule has 2 N–H and O–H groups in total. The second-order valence-electron chi connectivity index (χ2n) is 4.66. The number of ether oxygens (including phenoxy) is 1. The standard InChI is InChI=1S/C13H17N3O4/c1-13(18,10-5-4-6-20-10)8-14-11(17)9-7-16(2)15-12(9)19-3/h4-7,18H,8H2,1-3H3,(H,14,17). The van der Waals surface area contributed by atoms with E-state index >= 15 is 0 Å². The number of amides is 1. The van der Waals surface area contributed by atoms with Crippen molar-refractivity contribution in [3.8, 4) is 5.88 Å². The Balaban J connectivity index is 2.05. The highest BCUT2D eigenvalue weighted by molar-refractivity contribution is 5.96. The summed E-state index contributed by atoms with van der Waals surface area (Å²) in [5.41, 5.74) is -0.973. The van der Waals surface area contributed by atoms with E-state index in [0.29, 0.717) is 11.3 Å². The molecule has 108 valence electrons. The molecule has 1 atom stereocenters. The molecule has 2 heterocycles. The number of methoxy groups -OCH3 is 1. The van der Waals surface area contributed by atoms with Gasteiger partial charge in [0.2, 0.25) is 5.88 Å². The summed E-state index contributed by atoms with van der Waals surface area (Å²) >= 11 is 0. The fourth-order valence-electron chi connectivity index (χ4n) is 1.79. The summed E-state index contributed by atoms with van der Waals surface area (Å²) in [5.74, 6) is 0.250. The number of hydrogen-bond acceptors (Lipinski definition) is 5. The maximum Gasteiger partial charge on any atom is 0.258 e. The highest BCUT2D eigenvalue weighted by atomic mass is 16.5. The number of nitrogens with one attached hydrogen (secondary N) is 1. The maximum atomic E-state index is 12.1. The SMILES string of the molecule is COc1nn(C)cc1C(=O)NCC(C)(O)c1ccco1. The van der Waals surface area contributed by atoms with Gasteiger partial charge in [-0.05, 0) is 19.1 Å². The quantitative estimate of drug-likeness (QED) is 0.839. The van der Waals surface area contributed by atoms with Gasteiger partial charge < -0.3 is 19.6 Å². The fraction of sp³-hybridized carbons (Fsp3) is 0.385. The van der Waals surface area contributed by atoms with E-state index in [9.17, 15) is 9.90 Å². The second kappa shape index (κ2) is 5.38. The Kier molecular flexibility index (Phi) is 3.80. The van der Waals surface area contributed by atoms with Gasteiger partial charge in [0.05, 0.1) is 19.9 Å². The zero-order chi connectivity index (χ0) is 14.8. The lowest BCUT2D eigenvalue weighted by Gasteiger charge is -2.20. The molecule has 0 aliphatic rings. The summed E-state index contributed by atoms with van der Waals surface area (Å²) in [6.07, 6.45) is 3.02. The molecule has 0 radical (unpaired) electrons. The molecular formula is C13H17N3O4. The molecule has 20 heavy (non-hydrogen) atoms. The van der Waals surface area contributed by atoms with E-state index in [1.54, 1.807) is 32.3 Å². The van der Waals surface area contributed by atoms with Crippen LogP contribution in [0.4, 0.5) is 0 Å². The van der Waals surface area contributed by atoms with Crippen molar-refractivity contribution in [3.63, 3.8) is 0 Å². The molecule has 0 saturated heterocycles. The van der Waals surface area contributed by atoms with Crippen LogP contribution in [-0.2, 0) is 12.6 Å². The van der Waals surface area contributed by atoms with E-state index in [4.69, 9.17) is 9.15 Å². The molecule has 2 aromatic heterocycles. The van der Waals surface area contributed by atoms with E-state index in [1.165, 1.54) is 18.1 Å². The number of aliphatic hydroxyl groups is 1. The summed E-state index contributed by atoms with van der Waals surface area (Å²) in [7, 11) is 3.14. The van der Waals surface area contributed by atoms with Crippen LogP contribution in [0, 0.1) is 0 Å². The van der Waals surface area contributed by atoms with Crippen LogP contribution in [0.15, 0.2) is 29.0 Å². The molecule has 7 heteroatoms. The van der Waals surface area contributed by atoms with Gasteiger partial charge in [0, 0.05) is 13.2 Å². The van der Waals surface area contributed by atoms with Crippen molar-refractivity contribution in [2.24, 2.45) is 7.05 Å². The van der Waals surface area contributed by atoms with Crippen molar-refractivity contribution < 1.29 is 19.1 Å². The molecule has 0 spiro atoms. The van der Waals surface area contributed by atoms with Gasteiger partial charge in [0.25, 0.3) is 5.91 Å². The van der Waals surface area contributed by atoms with Gasteiger partial charge in [-0.15, -0.1) is 5.10 Å². The van der Waals surface area contributed by atoms with Crippen LogP contribution in [0.25, 0.3) is 0 Å². The summed E-state index contributed by atoms with van der Waals surface area (Å²) in [6.45, 7) is 1.57. The Morgan fingerprint density at radius 2 is 2.40 bits per heavy atom. The Bertz CT molecular complexity index is 587. The third-order valence-electron chi connectivity index (χ3n) is 2.88. The fourth-order valence-corrected chi connectivity index (χ4v) is 1.79. The third-order valence-corrected chi connectivity index (χ3v) is 2.88. The predicted octanol–water partition coefficient (Wildman–Crippen LogP) is 0.659. The number of hydrogen-bond donors (Lipinski definition) is 2. The number of nitrogens with zero attached hydrogens (tertiary/aromatic N) is 2. The zero-order valence-electron chi connectivity index (χ0n) is 11.6. The highest BCUT2D eigenvalue weighted by Gasteiger charge is 2.28. The number of carbonyl (C=O) groups excluding carboxylic acids is 1. The third kappa shape index (κ3) is 2.83. The second-order valence-corrected chi connectivity index (χ2v) is 4.66. The highest BCUT2D eigenvalue weighted by Crippen LogP contribution is 2.20. The average molecular weight is 279 g/mol. The van der Waals surface area contributed by atoms with E-state index < -0.39 is 5.60 Å². The van der Waals surface area contributed by atoms with Crippen LogP contribution in [-0.4, -0.2) is 34.4 Å². The Hall–Kier alpha value is -2.28. The van der Waals surface area contributed by atoms with Crippen LogP contribution in [0.2, 0.25) is 0 Å². The number of rotatable bonds is 5. The normalized spacial score (nSPS) is 13.8. The van der Waals surface area contributed by atoms with Crippen LogP contribution < -0.4 is 10.1 Å². The van der Waals surface area contributed by atoms with Gasteiger partial charge in [0.1, 0.15) is 16.9 Å². The van der Waals surface area contributed by atoms with E-state index in [2.05, 4.69) is 10.4 Å². The minimum atomic E-state index is -1.28. The van der Waals surface area contributed by atoms with Crippen molar-refractivity contribution in [3.05, 3.63) is 35.9 Å². The van der Waals surface area contributed by atoms with Crippen molar-refractivity contribution in [2.45, 2.75) is 12.5 Å². The lowest BCUT2D eigenvalue weighted by atomic mass is 10.0. The lowest BCUT2D eigenvalue weighted by molar-refractivity contribution is 0.0330. The van der Waals surface area contributed by atoms with Gasteiger partial charge in [-0.25, -0.2) is 0 Å². The molecule has 0 saturated carbocycles. The Morgan fingerprint density at radius 1 is 1.65 bits per heavy atom. The van der Waals surface area contributed by atoms with Crippen molar-refractivity contribution in [1.29, 1.82) is 0 Å². The maximum absolute atomic E-state index is 12.1. The van der Waals surface area contributed by atoms with Crippen molar-refractivity contribution >= 4 is 5.91 Å². The molecular weight excluding hydrogens is 262 g/mol. The minimum Gasteiger partial charge on any atom is -0.479 e. The molecule has 1 amide bonds. The molecule has 2 aromatic rings. The molecule has 0 fully saturated rings. The Morgan fingerprint density at radius 3 is 3.00 bits per heavy atom. The largest absolute Gasteiger partial charge is 0.479 e. The van der Waals surface area contributed by atoms with E-state index in [-0.39, 0.29) is 18.3 Å². The van der Waals surface area contributed by atoms with Crippen LogP contribution in [0.5, 0.6) is 5.88 Å². The van der Waals surface area contributed by atoms with Gasteiger partial charge >= 0.3 is 0 Å². The van der Waals surface area contributed by atoms with Gasteiger partial charge in [-0.1, -0.05) is 0 Å². The first-order valence-corrected chi connectivity index (χ1v) is 6.06. The number of furan rings is 1. The first-order valence-electron chi connectivity index (χ1n) is 6.06. The molecule has 0 aliphatic heterocycles. The van der Waals surface area contributed by atoms with Gasteiger partial charge in [0.15, 0.2) is 0 Å². The van der Waals surface area contributed by atoms with Crippen LogP contribution in [0.3, 0.4) is 0 Å². The first-order chi connectivity index (χ1) is 9.44. The zero-order valence-corrected chi connectivity index (χ0v) is 11.6. The van der Waals surface area contributed by atoms with Crippen LogP contribution >= 0.6 is 0 Å². The summed E-state index contributed by atoms with van der Waals surface area (Å²) < 4.78 is 11.6. The molecule has 7 nitrogen and oxygen atoms in total. The average Bonchev–Trinajstić information content (AvgIpc) is 3.05. The van der Waals surface area contributed by atoms with E-state index in [1.807, 2.05) is 0 Å². The minimum absolute atomic E-state index is 0.0113. The summed E-state index contributed by atoms with van der Waals surface area (Å²) in [6, 6.07) is 3.33. The summed E-state index contributed by atoms with van der Waals surface area (Å²) in [5, 5.41) is 16.9. The molecule has 0 aliphatic carbocycles. The topological polar surface area (TPSA) is 89.5 Å². The summed E-state index contributed by atoms with van der Waals surface area (Å²) in [4.78, 5) is 12.1. The molecule has 0 aromatic carbocycles. The first kappa shape index (κ1) is 14.1. The smallest absolute Gasteiger partial charge is 0.258 e. The van der Waals surface area contributed by atoms with E-state index in [0.717, 1.165) is 0 Å². The van der Waals surface area contributed by atoms with Crippen molar-refractivity contribution in [1.82, 2.24) is 15.1 Å². The number of carbonyl (C=O) groups is 1. The predicted molar refractivity (Wildman–Crippen MR) is 70.4 cm³/mol.